The van der Waals surface area contributed by atoms with Crippen molar-refractivity contribution in [1.82, 2.24) is 15.5 Å². The normalized spacial score (nSPS) is 20.3. The molecule has 4 atom stereocenters. The SMILES string of the molecule is CC(=O)C(C)NC(=O)C(NC(=O)C1CCCN1C(=O)C(N)C(C)C)C(C)C. The second-order valence-corrected chi connectivity index (χ2v) is 8.03. The molecular formula is C19H34N4O4. The minimum atomic E-state index is -0.782. The van der Waals surface area contributed by atoms with Crippen molar-refractivity contribution in [2.24, 2.45) is 17.6 Å². The summed E-state index contributed by atoms with van der Waals surface area (Å²) < 4.78 is 0. The number of Topliss-reactive ketones (excluding diaryl/α,β-unsaturated/α-hetero) is 1. The number of hydrogen-bond donors (Lipinski definition) is 3. The fraction of sp³-hybridized carbons (Fsp3) is 0.789. The van der Waals surface area contributed by atoms with Gasteiger partial charge in [0.15, 0.2) is 5.78 Å². The van der Waals surface area contributed by atoms with E-state index >= 15 is 0 Å². The van der Waals surface area contributed by atoms with Gasteiger partial charge in [-0.1, -0.05) is 27.7 Å². The van der Waals surface area contributed by atoms with Crippen LogP contribution in [0, 0.1) is 11.8 Å². The number of likely N-dealkylation sites (tertiary alicyclic amines) is 1. The van der Waals surface area contributed by atoms with E-state index in [1.54, 1.807) is 6.92 Å². The minimum Gasteiger partial charge on any atom is -0.345 e. The summed E-state index contributed by atoms with van der Waals surface area (Å²) in [6.45, 7) is 10.8. The summed E-state index contributed by atoms with van der Waals surface area (Å²) in [4.78, 5) is 50.8. The number of carbonyl (C=O) groups is 4. The first-order chi connectivity index (χ1) is 12.5. The number of amides is 3. The fourth-order valence-electron chi connectivity index (χ4n) is 2.97. The Morgan fingerprint density at radius 2 is 1.59 bits per heavy atom. The Kier molecular flexibility index (Phi) is 8.40. The van der Waals surface area contributed by atoms with Crippen LogP contribution >= 0.6 is 0 Å². The lowest BCUT2D eigenvalue weighted by Gasteiger charge is -2.30. The molecule has 154 valence electrons. The average molecular weight is 383 g/mol. The molecule has 4 unspecified atom stereocenters. The van der Waals surface area contributed by atoms with Crippen molar-refractivity contribution in [3.05, 3.63) is 0 Å². The quantitative estimate of drug-likeness (QED) is 0.553. The number of nitrogens with two attached hydrogens (primary N) is 1. The summed E-state index contributed by atoms with van der Waals surface area (Å²) in [6.07, 6.45) is 1.26. The van der Waals surface area contributed by atoms with Crippen molar-refractivity contribution < 1.29 is 19.2 Å². The van der Waals surface area contributed by atoms with Gasteiger partial charge in [-0.15, -0.1) is 0 Å². The van der Waals surface area contributed by atoms with Crippen molar-refractivity contribution in [2.75, 3.05) is 6.54 Å². The van der Waals surface area contributed by atoms with Crippen LogP contribution in [-0.4, -0.2) is 59.1 Å². The number of nitrogens with zero attached hydrogens (tertiary/aromatic N) is 1. The number of rotatable bonds is 8. The molecule has 8 heteroatoms. The highest BCUT2D eigenvalue weighted by Crippen LogP contribution is 2.20. The maximum absolute atomic E-state index is 12.8. The Morgan fingerprint density at radius 1 is 1.00 bits per heavy atom. The molecule has 1 saturated heterocycles. The lowest BCUT2D eigenvalue weighted by molar-refractivity contribution is -0.141. The molecule has 8 nitrogen and oxygen atoms in total. The van der Waals surface area contributed by atoms with E-state index in [2.05, 4.69) is 10.6 Å². The van der Waals surface area contributed by atoms with Crippen LogP contribution in [0.3, 0.4) is 0 Å². The van der Waals surface area contributed by atoms with Crippen molar-refractivity contribution in [2.45, 2.75) is 78.6 Å². The van der Waals surface area contributed by atoms with Gasteiger partial charge in [-0.3, -0.25) is 19.2 Å². The van der Waals surface area contributed by atoms with Crippen LogP contribution in [0.2, 0.25) is 0 Å². The second-order valence-electron chi connectivity index (χ2n) is 8.03. The van der Waals surface area contributed by atoms with Gasteiger partial charge in [-0.25, -0.2) is 0 Å². The zero-order chi connectivity index (χ0) is 20.9. The molecule has 27 heavy (non-hydrogen) atoms. The lowest BCUT2D eigenvalue weighted by Crippen LogP contribution is -2.58. The number of hydrogen-bond acceptors (Lipinski definition) is 5. The van der Waals surface area contributed by atoms with E-state index in [9.17, 15) is 19.2 Å². The summed E-state index contributed by atoms with van der Waals surface area (Å²) in [6, 6.07) is -2.68. The van der Waals surface area contributed by atoms with Crippen LogP contribution in [0.4, 0.5) is 0 Å². The molecule has 3 amide bonds. The van der Waals surface area contributed by atoms with Gasteiger partial charge >= 0.3 is 0 Å². The molecule has 0 radical (unpaired) electrons. The monoisotopic (exact) mass is 382 g/mol. The molecule has 4 N–H and O–H groups in total. The summed E-state index contributed by atoms with van der Waals surface area (Å²) in [7, 11) is 0. The molecule has 0 spiro atoms. The Morgan fingerprint density at radius 3 is 2.07 bits per heavy atom. The van der Waals surface area contributed by atoms with Gasteiger partial charge in [-0.05, 0) is 38.5 Å². The molecule has 1 rings (SSSR count). The molecule has 1 fully saturated rings. The molecule has 0 bridgehead atoms. The highest BCUT2D eigenvalue weighted by Gasteiger charge is 2.38. The van der Waals surface area contributed by atoms with Gasteiger partial charge in [0.05, 0.1) is 12.1 Å². The molecule has 1 heterocycles. The molecule has 1 aliphatic rings. The molecule has 0 aromatic rings. The van der Waals surface area contributed by atoms with Crippen molar-refractivity contribution in [3.8, 4) is 0 Å². The Bertz CT molecular complexity index is 576. The van der Waals surface area contributed by atoms with E-state index in [0.717, 1.165) is 0 Å². The Labute approximate surface area is 161 Å². The Hall–Kier alpha value is -1.96. The summed E-state index contributed by atoms with van der Waals surface area (Å²) in [5.41, 5.74) is 5.96. The van der Waals surface area contributed by atoms with E-state index in [1.807, 2.05) is 27.7 Å². The first-order valence-electron chi connectivity index (χ1n) is 9.64. The topological polar surface area (TPSA) is 122 Å². The largest absolute Gasteiger partial charge is 0.345 e. The third-order valence-corrected chi connectivity index (χ3v) is 5.06. The predicted octanol–water partition coefficient (Wildman–Crippen LogP) is 0.195. The van der Waals surface area contributed by atoms with Crippen LogP contribution in [0.1, 0.15) is 54.4 Å². The smallest absolute Gasteiger partial charge is 0.243 e. The van der Waals surface area contributed by atoms with Crippen LogP contribution in [0.25, 0.3) is 0 Å². The standard InChI is InChI=1S/C19H34N4O4/c1-10(2)15(20)19(27)23-9-7-8-14(23)17(25)22-16(11(3)4)18(26)21-12(5)13(6)24/h10-12,14-16H,7-9,20H2,1-6H3,(H,21,26)(H,22,25). The van der Waals surface area contributed by atoms with E-state index in [4.69, 9.17) is 5.73 Å². The fourth-order valence-corrected chi connectivity index (χ4v) is 2.97. The van der Waals surface area contributed by atoms with E-state index < -0.39 is 30.1 Å². The number of ketones is 1. The van der Waals surface area contributed by atoms with Crippen molar-refractivity contribution >= 4 is 23.5 Å². The van der Waals surface area contributed by atoms with Gasteiger partial charge < -0.3 is 21.3 Å². The second kappa shape index (κ2) is 9.82. The first-order valence-corrected chi connectivity index (χ1v) is 9.64. The third kappa shape index (κ3) is 6.02. The lowest BCUT2D eigenvalue weighted by atomic mass is 10.0. The average Bonchev–Trinajstić information content (AvgIpc) is 3.06. The molecule has 0 aromatic carbocycles. The first kappa shape index (κ1) is 23.1. The molecule has 0 aromatic heterocycles. The predicted molar refractivity (Wildman–Crippen MR) is 103 cm³/mol. The zero-order valence-corrected chi connectivity index (χ0v) is 17.2. The molecule has 1 aliphatic heterocycles. The maximum Gasteiger partial charge on any atom is 0.243 e. The van der Waals surface area contributed by atoms with Gasteiger partial charge in [0.25, 0.3) is 0 Å². The maximum atomic E-state index is 12.8. The van der Waals surface area contributed by atoms with Crippen LogP contribution in [0.15, 0.2) is 0 Å². The highest BCUT2D eigenvalue weighted by atomic mass is 16.2. The number of carbonyl (C=O) groups excluding carboxylic acids is 4. The van der Waals surface area contributed by atoms with Gasteiger partial charge in [0.1, 0.15) is 12.1 Å². The Balaban J connectivity index is 2.84. The molecule has 0 saturated carbocycles. The number of nitrogens with one attached hydrogen (secondary N) is 2. The molecule has 0 aliphatic carbocycles. The van der Waals surface area contributed by atoms with E-state index in [0.29, 0.717) is 19.4 Å². The van der Waals surface area contributed by atoms with Gasteiger partial charge in [-0.2, -0.15) is 0 Å². The van der Waals surface area contributed by atoms with Gasteiger partial charge in [0.2, 0.25) is 17.7 Å². The van der Waals surface area contributed by atoms with Crippen LogP contribution in [-0.2, 0) is 19.2 Å². The van der Waals surface area contributed by atoms with Crippen LogP contribution < -0.4 is 16.4 Å². The van der Waals surface area contributed by atoms with Crippen molar-refractivity contribution in [1.29, 1.82) is 0 Å². The summed E-state index contributed by atoms with van der Waals surface area (Å²) >= 11 is 0. The zero-order valence-electron chi connectivity index (χ0n) is 17.2. The minimum absolute atomic E-state index is 0.0240. The van der Waals surface area contributed by atoms with Crippen molar-refractivity contribution in [3.63, 3.8) is 0 Å². The highest BCUT2D eigenvalue weighted by molar-refractivity contribution is 5.95. The molecular weight excluding hydrogens is 348 g/mol. The summed E-state index contributed by atoms with van der Waals surface area (Å²) in [5.74, 6) is -1.36. The third-order valence-electron chi connectivity index (χ3n) is 5.06. The summed E-state index contributed by atoms with van der Waals surface area (Å²) in [5, 5.41) is 5.38. The van der Waals surface area contributed by atoms with E-state index in [-0.39, 0.29) is 29.4 Å². The van der Waals surface area contributed by atoms with E-state index in [1.165, 1.54) is 11.8 Å². The van der Waals surface area contributed by atoms with Gasteiger partial charge in [0, 0.05) is 6.54 Å². The van der Waals surface area contributed by atoms with Crippen LogP contribution in [0.5, 0.6) is 0 Å².